The summed E-state index contributed by atoms with van der Waals surface area (Å²) < 4.78 is 19.1. The van der Waals surface area contributed by atoms with Crippen molar-refractivity contribution in [2.24, 2.45) is 0 Å². The summed E-state index contributed by atoms with van der Waals surface area (Å²) in [6.45, 7) is 0.580. The molecule has 1 aromatic heterocycles. The first kappa shape index (κ1) is 13.2. The lowest BCUT2D eigenvalue weighted by atomic mass is 10.2. The molecule has 0 radical (unpaired) electrons. The summed E-state index contributed by atoms with van der Waals surface area (Å²) in [4.78, 5) is 15.3. The molecule has 6 nitrogen and oxygen atoms in total. The summed E-state index contributed by atoms with van der Waals surface area (Å²) in [7, 11) is 0. The molecule has 1 atom stereocenters. The van der Waals surface area contributed by atoms with Crippen LogP contribution in [0.15, 0.2) is 27.2 Å². The molecule has 0 bridgehead atoms. The van der Waals surface area contributed by atoms with Crippen LogP contribution in [0.3, 0.4) is 0 Å². The van der Waals surface area contributed by atoms with E-state index in [-0.39, 0.29) is 24.3 Å². The third kappa shape index (κ3) is 2.56. The van der Waals surface area contributed by atoms with E-state index in [0.717, 1.165) is 0 Å². The fraction of sp³-hybridized carbons (Fsp3) is 0.250. The predicted octanol–water partition coefficient (Wildman–Crippen LogP) is 1.40. The zero-order valence-electron chi connectivity index (χ0n) is 10.2. The van der Waals surface area contributed by atoms with Gasteiger partial charge >= 0.3 is 0 Å². The van der Waals surface area contributed by atoms with Crippen LogP contribution in [0, 0.1) is 5.82 Å². The van der Waals surface area contributed by atoms with Gasteiger partial charge in [-0.1, -0.05) is 21.1 Å². The molecule has 1 saturated heterocycles. The number of halogens is 2. The average molecular weight is 341 g/mol. The number of amides is 1. The van der Waals surface area contributed by atoms with Gasteiger partial charge in [0.15, 0.2) is 0 Å². The number of benzene rings is 1. The number of nitrogens with zero attached hydrogens (tertiary/aromatic N) is 2. The zero-order valence-corrected chi connectivity index (χ0v) is 11.8. The minimum atomic E-state index is -0.377. The summed E-state index contributed by atoms with van der Waals surface area (Å²) >= 11 is 3.32. The third-order valence-corrected chi connectivity index (χ3v) is 3.61. The van der Waals surface area contributed by atoms with Crippen molar-refractivity contribution in [1.29, 1.82) is 0 Å². The Morgan fingerprint density at radius 2 is 2.30 bits per heavy atom. The van der Waals surface area contributed by atoms with Crippen LogP contribution in [0.1, 0.15) is 11.9 Å². The van der Waals surface area contributed by atoms with Gasteiger partial charge in [-0.25, -0.2) is 4.39 Å². The maximum Gasteiger partial charge on any atom is 0.245 e. The third-order valence-electron chi connectivity index (χ3n) is 2.92. The molecule has 1 aromatic carbocycles. The van der Waals surface area contributed by atoms with Gasteiger partial charge in [0.25, 0.3) is 0 Å². The summed E-state index contributed by atoms with van der Waals surface area (Å²) in [5.41, 5.74) is 0.514. The molecular formula is C12H10BrFN4O2. The van der Waals surface area contributed by atoms with E-state index in [1.54, 1.807) is 6.07 Å². The molecule has 2 N–H and O–H groups in total. The first-order valence-corrected chi connectivity index (χ1v) is 6.72. The molecule has 0 aliphatic carbocycles. The monoisotopic (exact) mass is 340 g/mol. The van der Waals surface area contributed by atoms with Gasteiger partial charge in [0.1, 0.15) is 11.9 Å². The first-order valence-electron chi connectivity index (χ1n) is 5.92. The van der Waals surface area contributed by atoms with Crippen molar-refractivity contribution in [3.8, 4) is 11.4 Å². The Hall–Kier alpha value is -1.80. The lowest BCUT2D eigenvalue weighted by molar-refractivity contribution is -0.121. The Kier molecular flexibility index (Phi) is 3.49. The van der Waals surface area contributed by atoms with E-state index in [0.29, 0.717) is 28.3 Å². The molecule has 2 aromatic rings. The van der Waals surface area contributed by atoms with Crippen LogP contribution in [0.4, 0.5) is 4.39 Å². The van der Waals surface area contributed by atoms with Crippen molar-refractivity contribution in [3.63, 3.8) is 0 Å². The molecule has 1 amide bonds. The second-order valence-corrected chi connectivity index (χ2v) is 5.17. The topological polar surface area (TPSA) is 80.1 Å². The Morgan fingerprint density at radius 3 is 3.05 bits per heavy atom. The van der Waals surface area contributed by atoms with Crippen molar-refractivity contribution in [1.82, 2.24) is 20.8 Å². The molecule has 20 heavy (non-hydrogen) atoms. The Morgan fingerprint density at radius 1 is 1.45 bits per heavy atom. The largest absolute Gasteiger partial charge is 0.353 e. The van der Waals surface area contributed by atoms with Gasteiger partial charge in [-0.2, -0.15) is 4.98 Å². The average Bonchev–Trinajstić information content (AvgIpc) is 2.92. The maximum absolute atomic E-state index is 13.3. The van der Waals surface area contributed by atoms with Gasteiger partial charge in [0.05, 0.1) is 6.54 Å². The van der Waals surface area contributed by atoms with Crippen LogP contribution < -0.4 is 10.6 Å². The molecule has 8 heteroatoms. The molecule has 2 heterocycles. The van der Waals surface area contributed by atoms with Gasteiger partial charge in [0.2, 0.25) is 17.6 Å². The highest BCUT2D eigenvalue weighted by Gasteiger charge is 2.24. The summed E-state index contributed by atoms with van der Waals surface area (Å²) in [5.74, 6) is 0.202. The van der Waals surface area contributed by atoms with Crippen molar-refractivity contribution in [2.45, 2.75) is 6.04 Å². The van der Waals surface area contributed by atoms with Crippen LogP contribution in [0.25, 0.3) is 11.4 Å². The van der Waals surface area contributed by atoms with Crippen LogP contribution >= 0.6 is 15.9 Å². The molecule has 1 fully saturated rings. The number of carbonyl (C=O) groups is 1. The quantitative estimate of drug-likeness (QED) is 0.863. The van der Waals surface area contributed by atoms with E-state index in [1.165, 1.54) is 12.1 Å². The first-order chi connectivity index (χ1) is 9.63. The number of piperazine rings is 1. The SMILES string of the molecule is O=C1CNC(c2nc(-c3cc(F)ccc3Br)no2)CN1. The number of hydrogen-bond acceptors (Lipinski definition) is 5. The Bertz CT molecular complexity index is 651. The van der Waals surface area contributed by atoms with Crippen LogP contribution in [-0.4, -0.2) is 29.1 Å². The number of rotatable bonds is 2. The minimum Gasteiger partial charge on any atom is -0.353 e. The van der Waals surface area contributed by atoms with Crippen LogP contribution in [0.5, 0.6) is 0 Å². The highest BCUT2D eigenvalue weighted by molar-refractivity contribution is 9.10. The molecule has 3 rings (SSSR count). The molecule has 0 saturated carbocycles. The number of carbonyl (C=O) groups excluding carboxylic acids is 1. The molecule has 0 spiro atoms. The van der Waals surface area contributed by atoms with Gasteiger partial charge in [-0.15, -0.1) is 0 Å². The van der Waals surface area contributed by atoms with Crippen molar-refractivity contribution in [2.75, 3.05) is 13.1 Å². The van der Waals surface area contributed by atoms with Crippen LogP contribution in [0.2, 0.25) is 0 Å². The van der Waals surface area contributed by atoms with Crippen molar-refractivity contribution in [3.05, 3.63) is 34.4 Å². The highest BCUT2D eigenvalue weighted by Crippen LogP contribution is 2.27. The molecule has 1 unspecified atom stereocenters. The summed E-state index contributed by atoms with van der Waals surface area (Å²) in [6, 6.07) is 4.02. The number of nitrogens with one attached hydrogen (secondary N) is 2. The van der Waals surface area contributed by atoms with Gasteiger partial charge in [-0.05, 0) is 18.2 Å². The predicted molar refractivity (Wildman–Crippen MR) is 71.1 cm³/mol. The fourth-order valence-electron chi connectivity index (χ4n) is 1.90. The zero-order chi connectivity index (χ0) is 14.1. The van der Waals surface area contributed by atoms with Gasteiger partial charge in [0, 0.05) is 16.6 Å². The molecule has 1 aliphatic heterocycles. The van der Waals surface area contributed by atoms with Crippen molar-refractivity contribution < 1.29 is 13.7 Å². The fourth-order valence-corrected chi connectivity index (χ4v) is 2.32. The van der Waals surface area contributed by atoms with E-state index >= 15 is 0 Å². The standard InChI is InChI=1S/C12H10BrFN4O2/c13-8-2-1-6(14)3-7(8)11-17-12(20-18-11)9-4-16-10(19)5-15-9/h1-3,9,15H,4-5H2,(H,16,19). The molecule has 104 valence electrons. The van der Waals surface area contributed by atoms with E-state index in [4.69, 9.17) is 4.52 Å². The Balaban J connectivity index is 1.86. The number of aromatic nitrogens is 2. The van der Waals surface area contributed by atoms with E-state index < -0.39 is 0 Å². The molecule has 1 aliphatic rings. The van der Waals surface area contributed by atoms with Gasteiger partial charge in [-0.3, -0.25) is 10.1 Å². The Labute approximate surface area is 121 Å². The summed E-state index contributed by atoms with van der Waals surface area (Å²) in [5, 5.41) is 9.53. The second-order valence-electron chi connectivity index (χ2n) is 4.32. The normalized spacial score (nSPS) is 18.9. The van der Waals surface area contributed by atoms with Crippen LogP contribution in [-0.2, 0) is 4.79 Å². The van der Waals surface area contributed by atoms with Gasteiger partial charge < -0.3 is 9.84 Å². The maximum atomic E-state index is 13.3. The lowest BCUT2D eigenvalue weighted by Crippen LogP contribution is -2.47. The van der Waals surface area contributed by atoms with Crippen molar-refractivity contribution >= 4 is 21.8 Å². The minimum absolute atomic E-state index is 0.0751. The lowest BCUT2D eigenvalue weighted by Gasteiger charge is -2.20. The second kappa shape index (κ2) is 5.29. The van der Waals surface area contributed by atoms with E-state index in [9.17, 15) is 9.18 Å². The highest BCUT2D eigenvalue weighted by atomic mass is 79.9. The molecular weight excluding hydrogens is 331 g/mol. The smallest absolute Gasteiger partial charge is 0.245 e. The summed E-state index contributed by atoms with van der Waals surface area (Å²) in [6.07, 6.45) is 0. The van der Waals surface area contributed by atoms with E-state index in [1.807, 2.05) is 0 Å². The van der Waals surface area contributed by atoms with E-state index in [2.05, 4.69) is 36.7 Å². The number of hydrogen-bond donors (Lipinski definition) is 2.